The average Bonchev–Trinajstić information content (AvgIpc) is 3.18. The first-order valence-corrected chi connectivity index (χ1v) is 9.96. The fraction of sp³-hybridized carbons (Fsp3) is 0.130. The highest BCUT2D eigenvalue weighted by atomic mass is 19.1. The molecule has 4 rings (SSSR count). The number of pyridine rings is 2. The van der Waals surface area contributed by atoms with E-state index in [1.54, 1.807) is 30.5 Å². The molecule has 0 radical (unpaired) electrons. The largest absolute Gasteiger partial charge is 0.346 e. The molecule has 4 aromatic rings. The highest BCUT2D eigenvalue weighted by molar-refractivity contribution is 5.94. The number of benzene rings is 1. The van der Waals surface area contributed by atoms with Crippen LogP contribution >= 0.6 is 0 Å². The van der Waals surface area contributed by atoms with Gasteiger partial charge in [-0.3, -0.25) is 14.8 Å². The van der Waals surface area contributed by atoms with Gasteiger partial charge < -0.3 is 10.7 Å². The van der Waals surface area contributed by atoms with Gasteiger partial charge in [-0.1, -0.05) is 18.2 Å². The van der Waals surface area contributed by atoms with Gasteiger partial charge in [0.05, 0.1) is 35.3 Å². The number of carbonyl (C=O) groups excluding carboxylic acids is 1. The fourth-order valence-electron chi connectivity index (χ4n) is 3.08. The molecule has 0 saturated heterocycles. The molecule has 3 aromatic heterocycles. The third-order valence-corrected chi connectivity index (χ3v) is 4.70. The summed E-state index contributed by atoms with van der Waals surface area (Å²) in [5, 5.41) is 6.56. The van der Waals surface area contributed by atoms with Crippen LogP contribution < -0.4 is 10.7 Å². The lowest BCUT2D eigenvalue weighted by Gasteiger charge is -2.06. The molecule has 162 valence electrons. The maximum absolute atomic E-state index is 14.3. The predicted octanol–water partition coefficient (Wildman–Crippen LogP) is 3.33. The zero-order valence-electron chi connectivity index (χ0n) is 17.0. The van der Waals surface area contributed by atoms with E-state index in [1.807, 2.05) is 18.2 Å². The van der Waals surface area contributed by atoms with Crippen molar-refractivity contribution >= 4 is 5.91 Å². The van der Waals surface area contributed by atoms with Crippen molar-refractivity contribution in [2.75, 3.05) is 12.0 Å². The van der Waals surface area contributed by atoms with Gasteiger partial charge in [-0.15, -0.1) is 5.10 Å². The summed E-state index contributed by atoms with van der Waals surface area (Å²) in [6.07, 6.45) is 5.07. The van der Waals surface area contributed by atoms with Gasteiger partial charge >= 0.3 is 0 Å². The molecule has 0 bridgehead atoms. The van der Waals surface area contributed by atoms with E-state index in [-0.39, 0.29) is 17.3 Å². The summed E-state index contributed by atoms with van der Waals surface area (Å²) in [5.41, 5.74) is 5.41. The monoisotopic (exact) mass is 434 g/mol. The zero-order valence-corrected chi connectivity index (χ0v) is 17.0. The van der Waals surface area contributed by atoms with Crippen molar-refractivity contribution in [1.29, 1.82) is 0 Å². The van der Waals surface area contributed by atoms with E-state index in [1.165, 1.54) is 29.3 Å². The molecule has 1 amide bonds. The van der Waals surface area contributed by atoms with Crippen LogP contribution in [0.1, 0.15) is 21.6 Å². The zero-order chi connectivity index (χ0) is 22.3. The molecule has 0 unspecified atom stereocenters. The number of amides is 1. The van der Waals surface area contributed by atoms with Crippen LogP contribution in [0.5, 0.6) is 0 Å². The van der Waals surface area contributed by atoms with Crippen molar-refractivity contribution in [3.8, 4) is 11.3 Å². The molecule has 0 fully saturated rings. The van der Waals surface area contributed by atoms with Crippen LogP contribution in [0.4, 0.5) is 8.78 Å². The van der Waals surface area contributed by atoms with Crippen LogP contribution in [-0.2, 0) is 13.0 Å². The Morgan fingerprint density at radius 3 is 2.69 bits per heavy atom. The Kier molecular flexibility index (Phi) is 6.45. The lowest BCUT2D eigenvalue weighted by molar-refractivity contribution is 0.0950. The minimum absolute atomic E-state index is 0.198. The number of halogens is 2. The van der Waals surface area contributed by atoms with Gasteiger partial charge in [0.1, 0.15) is 5.82 Å². The van der Waals surface area contributed by atoms with Gasteiger partial charge in [-0.25, -0.2) is 4.39 Å². The van der Waals surface area contributed by atoms with E-state index in [4.69, 9.17) is 0 Å². The van der Waals surface area contributed by atoms with Gasteiger partial charge in [-0.05, 0) is 48.4 Å². The van der Waals surface area contributed by atoms with Crippen LogP contribution in [0.15, 0.2) is 73.2 Å². The van der Waals surface area contributed by atoms with Crippen LogP contribution in [0.25, 0.3) is 11.3 Å². The predicted molar refractivity (Wildman–Crippen MR) is 115 cm³/mol. The molecule has 0 aliphatic heterocycles. The molecule has 7 nitrogen and oxygen atoms in total. The third-order valence-electron chi connectivity index (χ3n) is 4.70. The lowest BCUT2D eigenvalue weighted by Crippen LogP contribution is -2.23. The van der Waals surface area contributed by atoms with Gasteiger partial charge in [0, 0.05) is 18.9 Å². The second-order valence-corrected chi connectivity index (χ2v) is 7.00. The second-order valence-electron chi connectivity index (χ2n) is 7.00. The van der Waals surface area contributed by atoms with E-state index in [9.17, 15) is 13.6 Å². The highest BCUT2D eigenvalue weighted by Crippen LogP contribution is 2.19. The molecular formula is C23H20F2N6O. The van der Waals surface area contributed by atoms with Crippen molar-refractivity contribution in [3.63, 3.8) is 0 Å². The average molecular weight is 434 g/mol. The number of nitrogens with one attached hydrogen (secondary N) is 2. The molecule has 0 spiro atoms. The van der Waals surface area contributed by atoms with E-state index < -0.39 is 5.95 Å². The molecule has 0 aliphatic carbocycles. The van der Waals surface area contributed by atoms with Crippen LogP contribution in [0, 0.1) is 11.8 Å². The SMILES string of the molecule is O=C(NCc1ccccn1)c1ccc(-c2cn(NCCc3cccc(F)c3)nc2F)nc1. The Bertz CT molecular complexity index is 1190. The Balaban J connectivity index is 1.35. The molecule has 2 N–H and O–H groups in total. The summed E-state index contributed by atoms with van der Waals surface area (Å²) in [5.74, 6) is -1.29. The van der Waals surface area contributed by atoms with Crippen molar-refractivity contribution in [1.82, 2.24) is 25.2 Å². The van der Waals surface area contributed by atoms with Crippen LogP contribution in [-0.4, -0.2) is 32.3 Å². The van der Waals surface area contributed by atoms with Gasteiger partial charge in [0.15, 0.2) is 0 Å². The first-order valence-electron chi connectivity index (χ1n) is 9.96. The molecule has 0 atom stereocenters. The Morgan fingerprint density at radius 2 is 1.94 bits per heavy atom. The second kappa shape index (κ2) is 9.78. The summed E-state index contributed by atoms with van der Waals surface area (Å²) in [6.45, 7) is 0.733. The molecular weight excluding hydrogens is 414 g/mol. The topological polar surface area (TPSA) is 84.7 Å². The molecule has 0 aliphatic rings. The number of hydrogen-bond donors (Lipinski definition) is 2. The van der Waals surface area contributed by atoms with E-state index in [2.05, 4.69) is 25.8 Å². The third kappa shape index (κ3) is 5.31. The lowest BCUT2D eigenvalue weighted by atomic mass is 10.1. The molecule has 9 heteroatoms. The van der Waals surface area contributed by atoms with Crippen LogP contribution in [0.3, 0.4) is 0 Å². The van der Waals surface area contributed by atoms with Crippen LogP contribution in [0.2, 0.25) is 0 Å². The summed E-state index contributed by atoms with van der Waals surface area (Å²) < 4.78 is 27.6. The summed E-state index contributed by atoms with van der Waals surface area (Å²) in [7, 11) is 0. The normalized spacial score (nSPS) is 10.7. The van der Waals surface area contributed by atoms with E-state index in [0.717, 1.165) is 11.3 Å². The van der Waals surface area contributed by atoms with Crippen molar-refractivity contribution in [2.45, 2.75) is 13.0 Å². The number of nitrogens with zero attached hydrogens (tertiary/aromatic N) is 4. The smallest absolute Gasteiger partial charge is 0.253 e. The first-order chi connectivity index (χ1) is 15.6. The Labute approximate surface area is 183 Å². The minimum atomic E-state index is -0.692. The first kappa shape index (κ1) is 21.1. The quantitative estimate of drug-likeness (QED) is 0.444. The summed E-state index contributed by atoms with van der Waals surface area (Å²) >= 11 is 0. The molecule has 1 aromatic carbocycles. The Morgan fingerprint density at radius 1 is 1.03 bits per heavy atom. The molecule has 32 heavy (non-hydrogen) atoms. The number of aromatic nitrogens is 4. The van der Waals surface area contributed by atoms with Gasteiger partial charge in [-0.2, -0.15) is 9.18 Å². The van der Waals surface area contributed by atoms with E-state index >= 15 is 0 Å². The van der Waals surface area contributed by atoms with E-state index in [0.29, 0.717) is 30.8 Å². The summed E-state index contributed by atoms with van der Waals surface area (Å²) in [4.78, 5) is 21.9. The maximum atomic E-state index is 14.3. The highest BCUT2D eigenvalue weighted by Gasteiger charge is 2.13. The number of carbonyl (C=O) groups is 1. The standard InChI is InChI=1S/C23H20F2N6O/c24-18-5-3-4-16(12-18)9-11-29-31-15-20(22(25)30-31)21-8-7-17(13-27-21)23(32)28-14-19-6-1-2-10-26-19/h1-8,10,12-13,15,29H,9,11,14H2,(H,28,32). The van der Waals surface area contributed by atoms with Crippen molar-refractivity contribution in [2.24, 2.45) is 0 Å². The van der Waals surface area contributed by atoms with Gasteiger partial charge in [0.2, 0.25) is 5.95 Å². The van der Waals surface area contributed by atoms with Gasteiger partial charge in [0.25, 0.3) is 5.91 Å². The minimum Gasteiger partial charge on any atom is -0.346 e. The van der Waals surface area contributed by atoms with Crippen molar-refractivity contribution < 1.29 is 13.6 Å². The Hall–Kier alpha value is -4.14. The number of hydrogen-bond acceptors (Lipinski definition) is 5. The van der Waals surface area contributed by atoms with Crippen molar-refractivity contribution in [3.05, 3.63) is 102 Å². The molecule has 3 heterocycles. The molecule has 0 saturated carbocycles. The fourth-order valence-corrected chi connectivity index (χ4v) is 3.08. The number of rotatable bonds is 8. The maximum Gasteiger partial charge on any atom is 0.253 e. The summed E-state index contributed by atoms with van der Waals surface area (Å²) in [6, 6.07) is 14.9.